The molecule has 1 unspecified atom stereocenters. The van der Waals surface area contributed by atoms with Crippen LogP contribution in [0.2, 0.25) is 0 Å². The maximum atomic E-state index is 12.4. The van der Waals surface area contributed by atoms with Crippen molar-refractivity contribution in [2.75, 3.05) is 11.3 Å². The molecule has 1 aromatic rings. The van der Waals surface area contributed by atoms with Crippen LogP contribution in [-0.4, -0.2) is 26.3 Å². The lowest BCUT2D eigenvalue weighted by atomic mass is 10.2. The number of alkyl halides is 3. The molecule has 0 saturated heterocycles. The van der Waals surface area contributed by atoms with Gasteiger partial charge in [0.15, 0.2) is 0 Å². The molecule has 0 aliphatic heterocycles. The first-order valence-electron chi connectivity index (χ1n) is 6.44. The second-order valence-corrected chi connectivity index (χ2v) is 7.19. The summed E-state index contributed by atoms with van der Waals surface area (Å²) in [7, 11) is -3.65. The van der Waals surface area contributed by atoms with E-state index in [4.69, 9.17) is 0 Å². The lowest BCUT2D eigenvalue weighted by molar-refractivity contribution is -0.137. The predicted octanol–water partition coefficient (Wildman–Crippen LogP) is 2.83. The van der Waals surface area contributed by atoms with Crippen LogP contribution >= 0.6 is 0 Å². The molecule has 8 heteroatoms. The van der Waals surface area contributed by atoms with E-state index in [1.54, 1.807) is 0 Å². The Morgan fingerprint density at radius 2 is 1.62 bits per heavy atom. The van der Waals surface area contributed by atoms with Crippen LogP contribution in [-0.2, 0) is 16.2 Å². The highest BCUT2D eigenvalue weighted by molar-refractivity contribution is 7.93. The van der Waals surface area contributed by atoms with Gasteiger partial charge < -0.3 is 5.32 Å². The normalized spacial score (nSPS) is 14.2. The fraction of sp³-hybridized carbons (Fsp3) is 0.538. The molecule has 0 saturated carbocycles. The molecule has 0 aliphatic carbocycles. The summed E-state index contributed by atoms with van der Waals surface area (Å²) < 4.78 is 63.6. The van der Waals surface area contributed by atoms with Gasteiger partial charge in [-0.1, -0.05) is 13.8 Å². The van der Waals surface area contributed by atoms with E-state index in [1.807, 2.05) is 13.8 Å². The van der Waals surface area contributed by atoms with Crippen molar-refractivity contribution in [2.24, 2.45) is 0 Å². The smallest absolute Gasteiger partial charge is 0.313 e. The van der Waals surface area contributed by atoms with Crippen LogP contribution in [0.4, 0.5) is 18.9 Å². The molecule has 0 spiro atoms. The fourth-order valence-corrected chi connectivity index (χ4v) is 2.48. The first-order valence-corrected chi connectivity index (χ1v) is 7.99. The molecule has 0 bridgehead atoms. The third kappa shape index (κ3) is 5.55. The maximum absolute atomic E-state index is 12.4. The van der Waals surface area contributed by atoms with Crippen molar-refractivity contribution in [3.05, 3.63) is 29.8 Å². The van der Waals surface area contributed by atoms with Gasteiger partial charge in [-0.3, -0.25) is 4.72 Å². The van der Waals surface area contributed by atoms with Crippen molar-refractivity contribution in [3.8, 4) is 0 Å². The van der Waals surface area contributed by atoms with Gasteiger partial charge in [-0.05, 0) is 31.2 Å². The summed E-state index contributed by atoms with van der Waals surface area (Å²) >= 11 is 0. The van der Waals surface area contributed by atoms with Gasteiger partial charge in [0.05, 0.1) is 10.8 Å². The van der Waals surface area contributed by atoms with Gasteiger partial charge in [0.2, 0.25) is 10.0 Å². The molecular weight excluding hydrogens is 305 g/mol. The number of hydrogen-bond acceptors (Lipinski definition) is 3. The number of anilines is 1. The second-order valence-electron chi connectivity index (χ2n) is 5.10. The number of rotatable bonds is 6. The number of hydrogen-bond donors (Lipinski definition) is 2. The molecule has 21 heavy (non-hydrogen) atoms. The van der Waals surface area contributed by atoms with Crippen molar-refractivity contribution in [3.63, 3.8) is 0 Å². The highest BCUT2D eigenvalue weighted by Crippen LogP contribution is 2.30. The zero-order chi connectivity index (χ0) is 16.3. The minimum Gasteiger partial charge on any atom is -0.313 e. The quantitative estimate of drug-likeness (QED) is 0.846. The molecule has 0 aromatic heterocycles. The van der Waals surface area contributed by atoms with E-state index in [9.17, 15) is 21.6 Å². The van der Waals surface area contributed by atoms with E-state index in [0.29, 0.717) is 0 Å². The van der Waals surface area contributed by atoms with Crippen LogP contribution < -0.4 is 10.0 Å². The third-order valence-electron chi connectivity index (χ3n) is 2.82. The Morgan fingerprint density at radius 3 is 2.05 bits per heavy atom. The van der Waals surface area contributed by atoms with Crippen LogP contribution in [0.15, 0.2) is 24.3 Å². The van der Waals surface area contributed by atoms with Crippen molar-refractivity contribution in [2.45, 2.75) is 38.2 Å². The fourth-order valence-electron chi connectivity index (χ4n) is 1.50. The minimum absolute atomic E-state index is 0.111. The standard InChI is InChI=1S/C13H19F3N2O2S/c1-9(2)17-8-10(3)21(19,20)18-12-6-4-11(5-7-12)13(14,15)16/h4-7,9-10,17-18H,8H2,1-3H3. The highest BCUT2D eigenvalue weighted by Gasteiger charge is 2.30. The SMILES string of the molecule is CC(C)NCC(C)S(=O)(=O)Nc1ccc(C(F)(F)F)cc1. The molecule has 4 nitrogen and oxygen atoms in total. The van der Waals surface area contributed by atoms with E-state index in [2.05, 4.69) is 10.0 Å². The molecule has 0 amide bonds. The number of benzene rings is 1. The Hall–Kier alpha value is -1.28. The van der Waals surface area contributed by atoms with E-state index >= 15 is 0 Å². The summed E-state index contributed by atoms with van der Waals surface area (Å²) in [5.41, 5.74) is -0.709. The molecule has 0 heterocycles. The summed E-state index contributed by atoms with van der Waals surface area (Å²) in [4.78, 5) is 0. The van der Waals surface area contributed by atoms with Crippen LogP contribution in [0.25, 0.3) is 0 Å². The van der Waals surface area contributed by atoms with Gasteiger partial charge in [-0.15, -0.1) is 0 Å². The summed E-state index contributed by atoms with van der Waals surface area (Å²) in [6.45, 7) is 5.57. The van der Waals surface area contributed by atoms with Crippen LogP contribution in [0.3, 0.4) is 0 Å². The van der Waals surface area contributed by atoms with Crippen molar-refractivity contribution >= 4 is 15.7 Å². The second kappa shape index (κ2) is 6.65. The molecule has 0 fully saturated rings. The first-order chi connectivity index (χ1) is 9.52. The van der Waals surface area contributed by atoms with Crippen LogP contribution in [0.5, 0.6) is 0 Å². The van der Waals surface area contributed by atoms with Gasteiger partial charge in [-0.2, -0.15) is 13.2 Å². The van der Waals surface area contributed by atoms with E-state index < -0.39 is 27.0 Å². The average molecular weight is 324 g/mol. The lowest BCUT2D eigenvalue weighted by Crippen LogP contribution is -2.37. The van der Waals surface area contributed by atoms with Gasteiger partial charge in [-0.25, -0.2) is 8.42 Å². The molecular formula is C13H19F3N2O2S. The van der Waals surface area contributed by atoms with E-state index in [-0.39, 0.29) is 18.3 Å². The Labute approximate surface area is 122 Å². The first kappa shape index (κ1) is 17.8. The molecule has 2 N–H and O–H groups in total. The van der Waals surface area contributed by atoms with Crippen molar-refractivity contribution in [1.29, 1.82) is 0 Å². The molecule has 1 aromatic carbocycles. The Kier molecular flexibility index (Phi) is 5.63. The average Bonchev–Trinajstić information content (AvgIpc) is 2.34. The van der Waals surface area contributed by atoms with Crippen LogP contribution in [0.1, 0.15) is 26.3 Å². The highest BCUT2D eigenvalue weighted by atomic mass is 32.2. The third-order valence-corrected chi connectivity index (χ3v) is 4.56. The largest absolute Gasteiger partial charge is 0.416 e. The monoisotopic (exact) mass is 324 g/mol. The summed E-state index contributed by atoms with van der Waals surface area (Å²) in [5, 5.41) is 2.29. The number of nitrogens with one attached hydrogen (secondary N) is 2. The van der Waals surface area contributed by atoms with Gasteiger partial charge in [0, 0.05) is 18.3 Å². The molecule has 0 aliphatic rings. The molecule has 1 atom stereocenters. The number of sulfonamides is 1. The maximum Gasteiger partial charge on any atom is 0.416 e. The van der Waals surface area contributed by atoms with Gasteiger partial charge in [0.1, 0.15) is 0 Å². The summed E-state index contributed by atoms with van der Waals surface area (Å²) in [5.74, 6) is 0. The Bertz CT molecular complexity index is 554. The van der Waals surface area contributed by atoms with Crippen LogP contribution in [0, 0.1) is 0 Å². The molecule has 1 rings (SSSR count). The van der Waals surface area contributed by atoms with Crippen molar-refractivity contribution < 1.29 is 21.6 Å². The zero-order valence-electron chi connectivity index (χ0n) is 12.0. The summed E-state index contributed by atoms with van der Waals surface area (Å²) in [6, 6.07) is 4.03. The minimum atomic E-state index is -4.44. The lowest BCUT2D eigenvalue weighted by Gasteiger charge is -2.17. The van der Waals surface area contributed by atoms with E-state index in [0.717, 1.165) is 24.3 Å². The number of halogens is 3. The molecule has 120 valence electrons. The predicted molar refractivity (Wildman–Crippen MR) is 76.6 cm³/mol. The topological polar surface area (TPSA) is 58.2 Å². The van der Waals surface area contributed by atoms with Gasteiger partial charge in [0.25, 0.3) is 0 Å². The summed E-state index contributed by atoms with van der Waals surface area (Å²) in [6.07, 6.45) is -4.44. The Balaban J connectivity index is 2.75. The van der Waals surface area contributed by atoms with Crippen molar-refractivity contribution in [1.82, 2.24) is 5.32 Å². The molecule has 0 radical (unpaired) electrons. The van der Waals surface area contributed by atoms with Gasteiger partial charge >= 0.3 is 6.18 Å². The Morgan fingerprint density at radius 1 is 1.10 bits per heavy atom. The zero-order valence-corrected chi connectivity index (χ0v) is 12.8. The van der Waals surface area contributed by atoms with E-state index in [1.165, 1.54) is 6.92 Å².